The van der Waals surface area contributed by atoms with E-state index in [4.69, 9.17) is 0 Å². The van der Waals surface area contributed by atoms with Gasteiger partial charge in [0.05, 0.1) is 18.2 Å². The molecule has 1 N–H and O–H groups in total. The third kappa shape index (κ3) is 2.76. The Hall–Kier alpha value is -2.17. The SMILES string of the molecule is Cc1n[nH]c(C)c1CC(=O)N1C(C)Cc2cc(F)ccc2C1C. The summed E-state index contributed by atoms with van der Waals surface area (Å²) in [5.74, 6) is -0.125. The fraction of sp³-hybridized carbons (Fsp3) is 0.444. The van der Waals surface area contributed by atoms with E-state index in [9.17, 15) is 9.18 Å². The van der Waals surface area contributed by atoms with Crippen molar-refractivity contribution in [2.24, 2.45) is 0 Å². The van der Waals surface area contributed by atoms with Crippen molar-refractivity contribution >= 4 is 5.91 Å². The summed E-state index contributed by atoms with van der Waals surface area (Å²) in [4.78, 5) is 14.8. The highest BCUT2D eigenvalue weighted by Gasteiger charge is 2.33. The molecule has 0 bridgehead atoms. The first-order chi connectivity index (χ1) is 10.9. The van der Waals surface area contributed by atoms with Crippen LogP contribution in [-0.4, -0.2) is 27.0 Å². The Morgan fingerprint density at radius 1 is 1.39 bits per heavy atom. The van der Waals surface area contributed by atoms with Crippen molar-refractivity contribution in [1.29, 1.82) is 0 Å². The number of H-pyrrole nitrogens is 1. The second-order valence-electron chi connectivity index (χ2n) is 6.46. The van der Waals surface area contributed by atoms with Crippen LogP contribution in [0.25, 0.3) is 0 Å². The van der Waals surface area contributed by atoms with E-state index in [1.807, 2.05) is 32.6 Å². The van der Waals surface area contributed by atoms with Gasteiger partial charge < -0.3 is 4.90 Å². The second kappa shape index (κ2) is 5.80. The molecule has 5 heteroatoms. The third-order valence-corrected chi connectivity index (χ3v) is 4.86. The van der Waals surface area contributed by atoms with Crippen molar-refractivity contribution in [3.05, 3.63) is 52.1 Å². The largest absolute Gasteiger partial charge is 0.333 e. The van der Waals surface area contributed by atoms with Crippen LogP contribution < -0.4 is 0 Å². The summed E-state index contributed by atoms with van der Waals surface area (Å²) in [6.45, 7) is 7.88. The highest BCUT2D eigenvalue weighted by atomic mass is 19.1. The number of amides is 1. The topological polar surface area (TPSA) is 49.0 Å². The van der Waals surface area contributed by atoms with E-state index >= 15 is 0 Å². The molecule has 2 atom stereocenters. The Morgan fingerprint density at radius 2 is 2.13 bits per heavy atom. The summed E-state index contributed by atoms with van der Waals surface area (Å²) in [6, 6.07) is 4.87. The quantitative estimate of drug-likeness (QED) is 0.925. The first-order valence-corrected chi connectivity index (χ1v) is 7.98. The molecule has 1 aliphatic rings. The van der Waals surface area contributed by atoms with Gasteiger partial charge in [0.25, 0.3) is 0 Å². The van der Waals surface area contributed by atoms with Gasteiger partial charge in [-0.15, -0.1) is 0 Å². The van der Waals surface area contributed by atoms with Crippen LogP contribution in [0.5, 0.6) is 0 Å². The van der Waals surface area contributed by atoms with Crippen LogP contribution >= 0.6 is 0 Å². The van der Waals surface area contributed by atoms with E-state index in [2.05, 4.69) is 10.2 Å². The smallest absolute Gasteiger partial charge is 0.227 e. The molecule has 2 aromatic rings. The van der Waals surface area contributed by atoms with Gasteiger partial charge in [-0.05, 0) is 57.4 Å². The molecule has 2 unspecified atom stereocenters. The summed E-state index contributed by atoms with van der Waals surface area (Å²) in [5.41, 5.74) is 4.83. The predicted octanol–water partition coefficient (Wildman–Crippen LogP) is 3.24. The molecule has 23 heavy (non-hydrogen) atoms. The molecule has 4 nitrogen and oxygen atoms in total. The average Bonchev–Trinajstić information content (AvgIpc) is 2.78. The Bertz CT molecular complexity index is 733. The average molecular weight is 315 g/mol. The zero-order valence-electron chi connectivity index (χ0n) is 14.0. The van der Waals surface area contributed by atoms with Crippen molar-refractivity contribution in [1.82, 2.24) is 15.1 Å². The van der Waals surface area contributed by atoms with Crippen LogP contribution in [0.2, 0.25) is 0 Å². The third-order valence-electron chi connectivity index (χ3n) is 4.86. The first kappa shape index (κ1) is 15.7. The minimum atomic E-state index is -0.215. The second-order valence-corrected chi connectivity index (χ2v) is 6.46. The number of rotatable bonds is 2. The van der Waals surface area contributed by atoms with Crippen molar-refractivity contribution in [3.63, 3.8) is 0 Å². The fourth-order valence-electron chi connectivity index (χ4n) is 3.65. The zero-order chi connectivity index (χ0) is 16.7. The van der Waals surface area contributed by atoms with Gasteiger partial charge in [0.15, 0.2) is 0 Å². The molecule has 1 aromatic heterocycles. The number of halogens is 1. The molecule has 1 amide bonds. The van der Waals surface area contributed by atoms with Crippen LogP contribution in [0, 0.1) is 19.7 Å². The molecule has 0 aliphatic carbocycles. The van der Waals surface area contributed by atoms with E-state index in [0.717, 1.165) is 28.1 Å². The number of aromatic amines is 1. The lowest BCUT2D eigenvalue weighted by Gasteiger charge is -2.40. The molecular weight excluding hydrogens is 293 g/mol. The van der Waals surface area contributed by atoms with Crippen LogP contribution in [0.3, 0.4) is 0 Å². The standard InChI is InChI=1S/C18H22FN3O/c1-10-7-14-8-15(19)5-6-16(14)13(4)22(10)18(23)9-17-11(2)20-21-12(17)3/h5-6,8,10,13H,7,9H2,1-4H3,(H,20,21). The summed E-state index contributed by atoms with van der Waals surface area (Å²) < 4.78 is 13.5. The van der Waals surface area contributed by atoms with Gasteiger partial charge in [0, 0.05) is 17.3 Å². The zero-order valence-corrected chi connectivity index (χ0v) is 14.0. The minimum Gasteiger partial charge on any atom is -0.333 e. The van der Waals surface area contributed by atoms with Gasteiger partial charge in [-0.25, -0.2) is 4.39 Å². The normalized spacial score (nSPS) is 20.5. The van der Waals surface area contributed by atoms with E-state index < -0.39 is 0 Å². The van der Waals surface area contributed by atoms with Crippen molar-refractivity contribution < 1.29 is 9.18 Å². The van der Waals surface area contributed by atoms with Gasteiger partial charge in [-0.3, -0.25) is 9.89 Å². The lowest BCUT2D eigenvalue weighted by atomic mass is 9.89. The van der Waals surface area contributed by atoms with Crippen LogP contribution in [-0.2, 0) is 17.6 Å². The summed E-state index contributed by atoms with van der Waals surface area (Å²) in [6.07, 6.45) is 1.03. The monoisotopic (exact) mass is 315 g/mol. The Kier molecular flexibility index (Phi) is 3.96. The number of hydrogen-bond acceptors (Lipinski definition) is 2. The number of nitrogens with one attached hydrogen (secondary N) is 1. The van der Waals surface area contributed by atoms with Gasteiger partial charge in [-0.2, -0.15) is 5.10 Å². The summed E-state index contributed by atoms with van der Waals surface area (Å²) in [5, 5.41) is 7.09. The predicted molar refractivity (Wildman–Crippen MR) is 86.6 cm³/mol. The number of fused-ring (bicyclic) bond motifs is 1. The summed E-state index contributed by atoms with van der Waals surface area (Å²) in [7, 11) is 0. The maximum Gasteiger partial charge on any atom is 0.227 e. The molecule has 0 saturated carbocycles. The first-order valence-electron chi connectivity index (χ1n) is 7.98. The summed E-state index contributed by atoms with van der Waals surface area (Å²) >= 11 is 0. The number of aryl methyl sites for hydroxylation is 2. The van der Waals surface area contributed by atoms with Crippen molar-refractivity contribution in [2.45, 2.75) is 52.6 Å². The van der Waals surface area contributed by atoms with Crippen molar-refractivity contribution in [2.75, 3.05) is 0 Å². The molecule has 122 valence electrons. The Morgan fingerprint density at radius 3 is 2.78 bits per heavy atom. The molecule has 3 rings (SSSR count). The van der Waals surface area contributed by atoms with E-state index in [-0.39, 0.29) is 23.8 Å². The van der Waals surface area contributed by atoms with Crippen LogP contribution in [0.4, 0.5) is 4.39 Å². The Balaban J connectivity index is 1.88. The fourth-order valence-corrected chi connectivity index (χ4v) is 3.65. The van der Waals surface area contributed by atoms with E-state index in [1.165, 1.54) is 6.07 Å². The molecule has 0 fully saturated rings. The molecule has 0 saturated heterocycles. The number of nitrogens with zero attached hydrogens (tertiary/aromatic N) is 2. The number of carbonyl (C=O) groups is 1. The van der Waals surface area contributed by atoms with Gasteiger partial charge >= 0.3 is 0 Å². The van der Waals surface area contributed by atoms with Crippen LogP contribution in [0.1, 0.15) is 48.0 Å². The lowest BCUT2D eigenvalue weighted by molar-refractivity contribution is -0.135. The van der Waals surface area contributed by atoms with E-state index in [0.29, 0.717) is 12.8 Å². The maximum atomic E-state index is 13.5. The van der Waals surface area contributed by atoms with Crippen LogP contribution in [0.15, 0.2) is 18.2 Å². The highest BCUT2D eigenvalue weighted by molar-refractivity contribution is 5.80. The molecule has 0 radical (unpaired) electrons. The number of hydrogen-bond donors (Lipinski definition) is 1. The molecule has 2 heterocycles. The Labute approximate surface area is 135 Å². The van der Waals surface area contributed by atoms with Gasteiger partial charge in [0.1, 0.15) is 5.82 Å². The number of aromatic nitrogens is 2. The molecule has 1 aliphatic heterocycles. The molecule has 1 aromatic carbocycles. The van der Waals surface area contributed by atoms with Gasteiger partial charge in [0.2, 0.25) is 5.91 Å². The number of carbonyl (C=O) groups excluding carboxylic acids is 1. The number of benzene rings is 1. The van der Waals surface area contributed by atoms with Crippen molar-refractivity contribution in [3.8, 4) is 0 Å². The lowest BCUT2D eigenvalue weighted by Crippen LogP contribution is -2.45. The molecular formula is C18H22FN3O. The maximum absolute atomic E-state index is 13.5. The highest BCUT2D eigenvalue weighted by Crippen LogP contribution is 2.33. The van der Waals surface area contributed by atoms with Gasteiger partial charge in [-0.1, -0.05) is 6.07 Å². The molecule has 0 spiro atoms. The van der Waals surface area contributed by atoms with E-state index in [1.54, 1.807) is 12.1 Å². The minimum absolute atomic E-state index is 0.0469.